The molecular weight excluding hydrogens is 252 g/mol. The Labute approximate surface area is 124 Å². The molecule has 1 atom stereocenters. The Bertz CT molecular complexity index is 290. The van der Waals surface area contributed by atoms with Gasteiger partial charge in [0.2, 0.25) is 5.91 Å². The molecule has 3 N–H and O–H groups in total. The number of guanidine groups is 1. The molecule has 0 rings (SSSR count). The Morgan fingerprint density at radius 3 is 2.40 bits per heavy atom. The molecule has 5 heteroatoms. The number of amides is 1. The van der Waals surface area contributed by atoms with Crippen molar-refractivity contribution in [2.45, 2.75) is 59.4 Å². The lowest BCUT2D eigenvalue weighted by Crippen LogP contribution is -2.46. The molecule has 0 saturated carbocycles. The zero-order valence-corrected chi connectivity index (χ0v) is 13.8. The molecule has 0 fully saturated rings. The van der Waals surface area contributed by atoms with Gasteiger partial charge in [-0.25, -0.2) is 0 Å². The Morgan fingerprint density at radius 1 is 1.15 bits per heavy atom. The highest BCUT2D eigenvalue weighted by molar-refractivity contribution is 5.86. The second-order valence-corrected chi connectivity index (χ2v) is 5.65. The number of aliphatic imine (C=N–C) groups is 1. The Hall–Kier alpha value is -1.26. The van der Waals surface area contributed by atoms with Gasteiger partial charge in [-0.2, -0.15) is 0 Å². The number of hydrogen-bond acceptors (Lipinski definition) is 2. The average molecular weight is 284 g/mol. The van der Waals surface area contributed by atoms with Crippen molar-refractivity contribution in [3.8, 4) is 0 Å². The van der Waals surface area contributed by atoms with Gasteiger partial charge in [0.1, 0.15) is 0 Å². The number of carbonyl (C=O) groups is 1. The van der Waals surface area contributed by atoms with Crippen LogP contribution in [0.3, 0.4) is 0 Å². The number of hydrogen-bond donors (Lipinski definition) is 3. The molecule has 118 valence electrons. The maximum absolute atomic E-state index is 11.5. The summed E-state index contributed by atoms with van der Waals surface area (Å²) in [6, 6.07) is 0.360. The van der Waals surface area contributed by atoms with Gasteiger partial charge in [-0.3, -0.25) is 9.79 Å². The van der Waals surface area contributed by atoms with Crippen molar-refractivity contribution < 1.29 is 4.79 Å². The summed E-state index contributed by atoms with van der Waals surface area (Å²) in [5, 5.41) is 9.17. The molecule has 0 radical (unpaired) electrons. The van der Waals surface area contributed by atoms with Gasteiger partial charge in [0.15, 0.2) is 5.96 Å². The van der Waals surface area contributed by atoms with Crippen LogP contribution in [0, 0.1) is 5.92 Å². The van der Waals surface area contributed by atoms with Crippen molar-refractivity contribution in [1.29, 1.82) is 0 Å². The number of carbonyl (C=O) groups excluding carboxylic acids is 1. The zero-order valence-electron chi connectivity index (χ0n) is 13.8. The van der Waals surface area contributed by atoms with Crippen LogP contribution in [0.1, 0.15) is 53.4 Å². The highest BCUT2D eigenvalue weighted by Crippen LogP contribution is 2.07. The molecule has 0 bridgehead atoms. The van der Waals surface area contributed by atoms with Crippen LogP contribution in [-0.4, -0.2) is 38.0 Å². The normalized spacial score (nSPS) is 13.2. The van der Waals surface area contributed by atoms with Crippen LogP contribution in [0.25, 0.3) is 0 Å². The van der Waals surface area contributed by atoms with E-state index in [1.165, 1.54) is 12.8 Å². The first-order chi connectivity index (χ1) is 9.49. The first-order valence-electron chi connectivity index (χ1n) is 7.73. The predicted octanol–water partition coefficient (Wildman–Crippen LogP) is 1.89. The SMILES string of the molecule is CCCNC(=O)CNC(=NC)NC(C)CCCC(C)C. The molecule has 5 nitrogen and oxygen atoms in total. The molecule has 0 aromatic heterocycles. The quantitative estimate of drug-likeness (QED) is 0.447. The third-order valence-electron chi connectivity index (χ3n) is 3.01. The lowest BCUT2D eigenvalue weighted by molar-refractivity contribution is -0.120. The van der Waals surface area contributed by atoms with E-state index in [0.29, 0.717) is 12.0 Å². The summed E-state index contributed by atoms with van der Waals surface area (Å²) in [7, 11) is 1.72. The van der Waals surface area contributed by atoms with Crippen LogP contribution in [0.5, 0.6) is 0 Å². The molecular formula is C15H32N4O. The van der Waals surface area contributed by atoms with Gasteiger partial charge in [-0.05, 0) is 25.7 Å². The zero-order chi connectivity index (χ0) is 15.4. The molecule has 1 unspecified atom stereocenters. The molecule has 0 saturated heterocycles. The monoisotopic (exact) mass is 284 g/mol. The lowest BCUT2D eigenvalue weighted by atomic mass is 10.0. The van der Waals surface area contributed by atoms with Crippen LogP contribution in [-0.2, 0) is 4.79 Å². The molecule has 0 aromatic carbocycles. The lowest BCUT2D eigenvalue weighted by Gasteiger charge is -2.18. The van der Waals surface area contributed by atoms with Gasteiger partial charge in [0.25, 0.3) is 0 Å². The summed E-state index contributed by atoms with van der Waals surface area (Å²) in [6.07, 6.45) is 4.52. The van der Waals surface area contributed by atoms with Crippen LogP contribution in [0.15, 0.2) is 4.99 Å². The third-order valence-corrected chi connectivity index (χ3v) is 3.01. The molecule has 0 spiro atoms. The first kappa shape index (κ1) is 18.7. The van der Waals surface area contributed by atoms with Gasteiger partial charge in [0, 0.05) is 19.6 Å². The Balaban J connectivity index is 3.88. The number of nitrogens with zero attached hydrogens (tertiary/aromatic N) is 1. The highest BCUT2D eigenvalue weighted by atomic mass is 16.1. The Kier molecular flexibility index (Phi) is 10.8. The average Bonchev–Trinajstić information content (AvgIpc) is 2.40. The van der Waals surface area contributed by atoms with Gasteiger partial charge in [0.05, 0.1) is 6.54 Å². The maximum Gasteiger partial charge on any atom is 0.239 e. The molecule has 1 amide bonds. The van der Waals surface area contributed by atoms with E-state index in [-0.39, 0.29) is 12.5 Å². The van der Waals surface area contributed by atoms with E-state index < -0.39 is 0 Å². The molecule has 0 aliphatic heterocycles. The minimum atomic E-state index is 0.00209. The standard InChI is InChI=1S/C15H32N4O/c1-6-10-17-14(20)11-18-15(16-5)19-13(4)9-7-8-12(2)3/h12-13H,6-11H2,1-5H3,(H,17,20)(H2,16,18,19). The summed E-state index contributed by atoms with van der Waals surface area (Å²) in [5.74, 6) is 1.44. The van der Waals surface area contributed by atoms with Crippen molar-refractivity contribution in [3.05, 3.63) is 0 Å². The van der Waals surface area contributed by atoms with Gasteiger partial charge < -0.3 is 16.0 Å². The number of rotatable bonds is 9. The summed E-state index contributed by atoms with van der Waals surface area (Å²) < 4.78 is 0. The summed E-state index contributed by atoms with van der Waals surface area (Å²) in [4.78, 5) is 15.6. The van der Waals surface area contributed by atoms with Crippen LogP contribution in [0.2, 0.25) is 0 Å². The van der Waals surface area contributed by atoms with E-state index in [4.69, 9.17) is 0 Å². The Morgan fingerprint density at radius 2 is 1.85 bits per heavy atom. The molecule has 0 heterocycles. The molecule has 20 heavy (non-hydrogen) atoms. The van der Waals surface area contributed by atoms with Crippen molar-refractivity contribution >= 4 is 11.9 Å². The van der Waals surface area contributed by atoms with E-state index in [2.05, 4.69) is 41.7 Å². The van der Waals surface area contributed by atoms with E-state index in [9.17, 15) is 4.79 Å². The fourth-order valence-corrected chi connectivity index (χ4v) is 1.82. The van der Waals surface area contributed by atoms with Gasteiger partial charge >= 0.3 is 0 Å². The fourth-order valence-electron chi connectivity index (χ4n) is 1.82. The maximum atomic E-state index is 11.5. The summed E-state index contributed by atoms with van der Waals surface area (Å²) in [6.45, 7) is 9.65. The predicted molar refractivity (Wildman–Crippen MR) is 85.9 cm³/mol. The fraction of sp³-hybridized carbons (Fsp3) is 0.867. The highest BCUT2D eigenvalue weighted by Gasteiger charge is 2.07. The van der Waals surface area contributed by atoms with Crippen LogP contribution in [0.4, 0.5) is 0 Å². The van der Waals surface area contributed by atoms with Gasteiger partial charge in [-0.15, -0.1) is 0 Å². The largest absolute Gasteiger partial charge is 0.355 e. The molecule has 0 aliphatic carbocycles. The molecule has 0 aromatic rings. The minimum Gasteiger partial charge on any atom is -0.355 e. The van der Waals surface area contributed by atoms with Crippen LogP contribution < -0.4 is 16.0 Å². The summed E-state index contributed by atoms with van der Waals surface area (Å²) in [5.41, 5.74) is 0. The summed E-state index contributed by atoms with van der Waals surface area (Å²) >= 11 is 0. The first-order valence-corrected chi connectivity index (χ1v) is 7.73. The second-order valence-electron chi connectivity index (χ2n) is 5.65. The minimum absolute atomic E-state index is 0.00209. The second kappa shape index (κ2) is 11.6. The smallest absolute Gasteiger partial charge is 0.239 e. The van der Waals surface area contributed by atoms with E-state index in [1.807, 2.05) is 6.92 Å². The molecule has 0 aliphatic rings. The van der Waals surface area contributed by atoms with E-state index >= 15 is 0 Å². The van der Waals surface area contributed by atoms with Crippen LogP contribution >= 0.6 is 0 Å². The van der Waals surface area contributed by atoms with E-state index in [0.717, 1.165) is 25.3 Å². The van der Waals surface area contributed by atoms with Gasteiger partial charge in [-0.1, -0.05) is 33.6 Å². The van der Waals surface area contributed by atoms with Crippen molar-refractivity contribution in [3.63, 3.8) is 0 Å². The third kappa shape index (κ3) is 10.6. The van der Waals surface area contributed by atoms with Crippen molar-refractivity contribution in [1.82, 2.24) is 16.0 Å². The van der Waals surface area contributed by atoms with Crippen molar-refractivity contribution in [2.24, 2.45) is 10.9 Å². The topological polar surface area (TPSA) is 65.5 Å². The van der Waals surface area contributed by atoms with E-state index in [1.54, 1.807) is 7.05 Å². The number of nitrogens with one attached hydrogen (secondary N) is 3. The van der Waals surface area contributed by atoms with Crippen molar-refractivity contribution in [2.75, 3.05) is 20.1 Å².